The number of benzene rings is 2. The van der Waals surface area contributed by atoms with Crippen LogP contribution in [-0.2, 0) is 16.1 Å². The molecule has 0 aromatic heterocycles. The van der Waals surface area contributed by atoms with Crippen LogP contribution in [0.1, 0.15) is 34.6 Å². The molecule has 0 bridgehead atoms. The molecular weight excluding hydrogens is 406 g/mol. The highest BCUT2D eigenvalue weighted by Crippen LogP contribution is 2.50. The lowest BCUT2D eigenvalue weighted by atomic mass is 9.73. The summed E-state index contributed by atoms with van der Waals surface area (Å²) in [6, 6.07) is 12.1. The van der Waals surface area contributed by atoms with E-state index in [1.54, 1.807) is 6.08 Å². The van der Waals surface area contributed by atoms with E-state index in [-0.39, 0.29) is 18.8 Å². The Bertz CT molecular complexity index is 1140. The molecule has 0 saturated carbocycles. The van der Waals surface area contributed by atoms with Gasteiger partial charge in [0.25, 0.3) is 0 Å². The Morgan fingerprint density at radius 1 is 1.19 bits per heavy atom. The first-order valence-corrected chi connectivity index (χ1v) is 11.1. The van der Waals surface area contributed by atoms with Gasteiger partial charge in [-0.05, 0) is 48.2 Å². The van der Waals surface area contributed by atoms with Crippen molar-refractivity contribution in [3.8, 4) is 11.5 Å². The molecule has 3 heterocycles. The van der Waals surface area contributed by atoms with Crippen LogP contribution >= 0.6 is 0 Å². The number of fused-ring (bicyclic) bond motifs is 3. The number of aliphatic hydroxyl groups is 1. The van der Waals surface area contributed by atoms with Crippen LogP contribution in [0.4, 0.5) is 0 Å². The Morgan fingerprint density at radius 3 is 2.78 bits per heavy atom. The van der Waals surface area contributed by atoms with E-state index in [0.29, 0.717) is 5.75 Å². The Kier molecular flexibility index (Phi) is 4.59. The molecule has 4 aliphatic rings. The third-order valence-electron chi connectivity index (χ3n) is 6.98. The fourth-order valence-corrected chi connectivity index (χ4v) is 5.49. The minimum atomic E-state index is -0.848. The summed E-state index contributed by atoms with van der Waals surface area (Å²) in [5, 5.41) is 11.0. The van der Waals surface area contributed by atoms with Crippen molar-refractivity contribution in [2.45, 2.75) is 44.1 Å². The molecule has 3 aliphatic heterocycles. The summed E-state index contributed by atoms with van der Waals surface area (Å²) in [4.78, 5) is 15.2. The van der Waals surface area contributed by atoms with E-state index < -0.39 is 18.2 Å². The molecule has 1 saturated heterocycles. The van der Waals surface area contributed by atoms with E-state index in [2.05, 4.69) is 4.90 Å². The molecule has 4 atom stereocenters. The van der Waals surface area contributed by atoms with E-state index in [9.17, 15) is 9.90 Å². The number of esters is 1. The van der Waals surface area contributed by atoms with Gasteiger partial charge in [-0.2, -0.15) is 0 Å². The average Bonchev–Trinajstić information content (AvgIpc) is 3.41. The van der Waals surface area contributed by atoms with Crippen molar-refractivity contribution in [1.82, 2.24) is 4.90 Å². The summed E-state index contributed by atoms with van der Waals surface area (Å²) in [7, 11) is 0. The number of nitrogens with zero attached hydrogens (tertiary/aromatic N) is 1. The molecule has 2 unspecified atom stereocenters. The normalized spacial score (nSPS) is 27.8. The summed E-state index contributed by atoms with van der Waals surface area (Å²) in [6.07, 6.45) is 4.48. The zero-order valence-corrected chi connectivity index (χ0v) is 17.9. The maximum absolute atomic E-state index is 12.8. The van der Waals surface area contributed by atoms with Crippen LogP contribution in [0.25, 0.3) is 6.08 Å². The quantitative estimate of drug-likeness (QED) is 0.457. The number of rotatable bonds is 3. The molecule has 6 nitrogen and oxygen atoms in total. The van der Waals surface area contributed by atoms with Gasteiger partial charge in [0.2, 0.25) is 6.79 Å². The van der Waals surface area contributed by atoms with Crippen LogP contribution in [0.15, 0.2) is 54.1 Å². The number of carbonyl (C=O) groups is 1. The molecule has 0 radical (unpaired) electrons. The van der Waals surface area contributed by atoms with Crippen LogP contribution in [0.3, 0.4) is 0 Å². The lowest BCUT2D eigenvalue weighted by molar-refractivity contribution is -0.150. The summed E-state index contributed by atoms with van der Waals surface area (Å²) in [5.74, 6) is 0.861. The zero-order chi connectivity index (χ0) is 21.8. The van der Waals surface area contributed by atoms with Crippen LogP contribution < -0.4 is 9.47 Å². The lowest BCUT2D eigenvalue weighted by Crippen LogP contribution is -2.51. The van der Waals surface area contributed by atoms with Gasteiger partial charge in [0, 0.05) is 31.1 Å². The van der Waals surface area contributed by atoms with Crippen molar-refractivity contribution in [2.24, 2.45) is 0 Å². The first kappa shape index (κ1) is 19.6. The SMILES string of the molecule is Cc1ccc(/C=C/C(=O)O[C@H]2C3c4cc5c(cc4CN4CCC(=C[C@@H]2O)C34)OCO5)cc1. The van der Waals surface area contributed by atoms with Gasteiger partial charge in [0.05, 0.1) is 0 Å². The largest absolute Gasteiger partial charge is 0.455 e. The first-order valence-electron chi connectivity index (χ1n) is 11.1. The van der Waals surface area contributed by atoms with Crippen LogP contribution in [0, 0.1) is 6.92 Å². The molecule has 164 valence electrons. The third-order valence-corrected chi connectivity index (χ3v) is 6.98. The van der Waals surface area contributed by atoms with Gasteiger partial charge in [-0.25, -0.2) is 4.79 Å². The predicted octanol–water partition coefficient (Wildman–Crippen LogP) is 3.32. The fourth-order valence-electron chi connectivity index (χ4n) is 5.49. The Labute approximate surface area is 186 Å². The van der Waals surface area contributed by atoms with Gasteiger partial charge in [-0.3, -0.25) is 4.90 Å². The van der Waals surface area contributed by atoms with Crippen LogP contribution in [0.5, 0.6) is 11.5 Å². The number of ether oxygens (including phenoxy) is 3. The van der Waals surface area contributed by atoms with E-state index >= 15 is 0 Å². The number of aryl methyl sites for hydroxylation is 1. The minimum Gasteiger partial charge on any atom is -0.455 e. The van der Waals surface area contributed by atoms with E-state index in [0.717, 1.165) is 47.5 Å². The number of hydrogen-bond donors (Lipinski definition) is 1. The van der Waals surface area contributed by atoms with Crippen LogP contribution in [-0.4, -0.2) is 47.6 Å². The van der Waals surface area contributed by atoms with Crippen molar-refractivity contribution in [2.75, 3.05) is 13.3 Å². The zero-order valence-electron chi connectivity index (χ0n) is 17.9. The van der Waals surface area contributed by atoms with E-state index in [4.69, 9.17) is 14.2 Å². The third kappa shape index (κ3) is 3.22. The maximum atomic E-state index is 12.8. The van der Waals surface area contributed by atoms with Crippen molar-refractivity contribution in [3.63, 3.8) is 0 Å². The van der Waals surface area contributed by atoms with Gasteiger partial charge in [-0.1, -0.05) is 41.5 Å². The van der Waals surface area contributed by atoms with E-state index in [1.807, 2.05) is 49.4 Å². The molecule has 0 spiro atoms. The monoisotopic (exact) mass is 431 g/mol. The second-order valence-corrected chi connectivity index (χ2v) is 8.97. The Morgan fingerprint density at radius 2 is 1.97 bits per heavy atom. The molecular formula is C26H25NO5. The van der Waals surface area contributed by atoms with Gasteiger partial charge in [0.15, 0.2) is 11.5 Å². The highest BCUT2D eigenvalue weighted by molar-refractivity contribution is 5.87. The molecule has 1 aliphatic carbocycles. The van der Waals surface area contributed by atoms with Crippen molar-refractivity contribution >= 4 is 12.0 Å². The van der Waals surface area contributed by atoms with Crippen molar-refractivity contribution < 1.29 is 24.1 Å². The lowest BCUT2D eigenvalue weighted by Gasteiger charge is -2.45. The molecule has 2 aromatic carbocycles. The molecule has 6 heteroatoms. The number of aliphatic hydroxyl groups excluding tert-OH is 1. The first-order chi connectivity index (χ1) is 15.6. The number of carbonyl (C=O) groups excluding carboxylic acids is 1. The topological polar surface area (TPSA) is 68.2 Å². The Hall–Kier alpha value is -3.09. The maximum Gasteiger partial charge on any atom is 0.331 e. The van der Waals surface area contributed by atoms with E-state index in [1.165, 1.54) is 11.6 Å². The molecule has 1 fully saturated rings. The van der Waals surface area contributed by atoms with Gasteiger partial charge in [-0.15, -0.1) is 0 Å². The summed E-state index contributed by atoms with van der Waals surface area (Å²) in [6.45, 7) is 3.98. The van der Waals surface area contributed by atoms with Crippen LogP contribution in [0.2, 0.25) is 0 Å². The molecule has 6 rings (SSSR count). The number of hydrogen-bond acceptors (Lipinski definition) is 6. The second-order valence-electron chi connectivity index (χ2n) is 8.97. The second kappa shape index (κ2) is 7.50. The van der Waals surface area contributed by atoms with Crippen molar-refractivity contribution in [1.29, 1.82) is 0 Å². The molecule has 2 aromatic rings. The highest BCUT2D eigenvalue weighted by Gasteiger charge is 2.50. The molecule has 0 amide bonds. The summed E-state index contributed by atoms with van der Waals surface area (Å²) in [5.41, 5.74) is 5.53. The smallest absolute Gasteiger partial charge is 0.331 e. The minimum absolute atomic E-state index is 0.130. The Balaban J connectivity index is 1.32. The summed E-state index contributed by atoms with van der Waals surface area (Å²) >= 11 is 0. The van der Waals surface area contributed by atoms with Gasteiger partial charge in [0.1, 0.15) is 12.2 Å². The standard InChI is InChI=1S/C26H25NO5/c1-15-2-4-16(5-3-15)6-7-23(29)32-26-20(28)10-17-8-9-27-13-18-11-21-22(31-14-30-21)12-19(18)24(26)25(17)27/h2-7,10-12,20,24-26,28H,8-9,13-14H2,1H3/b7-6+/t20-,24?,25?,26+/m0/s1. The predicted molar refractivity (Wildman–Crippen MR) is 118 cm³/mol. The summed E-state index contributed by atoms with van der Waals surface area (Å²) < 4.78 is 17.1. The fraction of sp³-hybridized carbons (Fsp3) is 0.346. The van der Waals surface area contributed by atoms with Gasteiger partial charge < -0.3 is 19.3 Å². The molecule has 32 heavy (non-hydrogen) atoms. The van der Waals surface area contributed by atoms with Gasteiger partial charge >= 0.3 is 5.97 Å². The molecule has 1 N–H and O–H groups in total. The average molecular weight is 431 g/mol. The van der Waals surface area contributed by atoms with Crippen molar-refractivity contribution in [3.05, 3.63) is 76.4 Å². The highest BCUT2D eigenvalue weighted by atomic mass is 16.7.